The lowest BCUT2D eigenvalue weighted by molar-refractivity contribution is 0.385. The topological polar surface area (TPSA) is 24.1 Å². The lowest BCUT2D eigenvalue weighted by Gasteiger charge is -2.23. The third-order valence-corrected chi connectivity index (χ3v) is 2.26. The first-order chi connectivity index (χ1) is 4.47. The molecule has 0 aromatic heterocycles. The van der Waals surface area contributed by atoms with Gasteiger partial charge in [0.25, 0.3) is 0 Å². The standard InChI is InChI=1S/C7H14N2.2ClH/c1-2-6(1)7-5-8-3-4-9-7;;/h6-9H,1-5H2;2*1H. The van der Waals surface area contributed by atoms with Gasteiger partial charge in [-0.05, 0) is 18.8 Å². The van der Waals surface area contributed by atoms with Crippen molar-refractivity contribution in [3.05, 3.63) is 0 Å². The van der Waals surface area contributed by atoms with E-state index in [1.807, 2.05) is 0 Å². The molecule has 2 rings (SSSR count). The molecule has 68 valence electrons. The van der Waals surface area contributed by atoms with Crippen molar-refractivity contribution in [3.63, 3.8) is 0 Å². The lowest BCUT2D eigenvalue weighted by atomic mass is 10.1. The van der Waals surface area contributed by atoms with Crippen LogP contribution in [0.4, 0.5) is 0 Å². The first kappa shape index (κ1) is 11.5. The van der Waals surface area contributed by atoms with Gasteiger partial charge >= 0.3 is 0 Å². The molecule has 0 spiro atoms. The number of nitrogens with one attached hydrogen (secondary N) is 2. The van der Waals surface area contributed by atoms with Gasteiger partial charge in [-0.15, -0.1) is 24.8 Å². The largest absolute Gasteiger partial charge is 0.314 e. The van der Waals surface area contributed by atoms with E-state index in [-0.39, 0.29) is 24.8 Å². The van der Waals surface area contributed by atoms with Crippen LogP contribution in [0.2, 0.25) is 0 Å². The molecule has 0 amide bonds. The Labute approximate surface area is 80.3 Å². The summed E-state index contributed by atoms with van der Waals surface area (Å²) in [6, 6.07) is 0.804. The Morgan fingerprint density at radius 2 is 1.73 bits per heavy atom. The van der Waals surface area contributed by atoms with Crippen molar-refractivity contribution < 1.29 is 0 Å². The van der Waals surface area contributed by atoms with Gasteiger partial charge in [-0.1, -0.05) is 0 Å². The van der Waals surface area contributed by atoms with Gasteiger partial charge in [0.05, 0.1) is 0 Å². The van der Waals surface area contributed by atoms with Crippen LogP contribution in [0, 0.1) is 5.92 Å². The molecule has 0 radical (unpaired) electrons. The molecule has 0 aromatic rings. The van der Waals surface area contributed by atoms with Gasteiger partial charge < -0.3 is 10.6 Å². The molecule has 0 aromatic carbocycles. The van der Waals surface area contributed by atoms with E-state index in [4.69, 9.17) is 0 Å². The fourth-order valence-corrected chi connectivity index (χ4v) is 1.51. The Bertz CT molecular complexity index is 101. The highest BCUT2D eigenvalue weighted by atomic mass is 35.5. The molecule has 2 N–H and O–H groups in total. The highest BCUT2D eigenvalue weighted by Crippen LogP contribution is 2.32. The van der Waals surface area contributed by atoms with Crippen LogP contribution in [0.15, 0.2) is 0 Å². The summed E-state index contributed by atoms with van der Waals surface area (Å²) < 4.78 is 0. The van der Waals surface area contributed by atoms with Crippen LogP contribution in [-0.4, -0.2) is 25.7 Å². The summed E-state index contributed by atoms with van der Waals surface area (Å²) in [6.07, 6.45) is 2.92. The highest BCUT2D eigenvalue weighted by Gasteiger charge is 2.31. The zero-order valence-corrected chi connectivity index (χ0v) is 8.14. The van der Waals surface area contributed by atoms with Gasteiger partial charge in [0, 0.05) is 25.7 Å². The summed E-state index contributed by atoms with van der Waals surface area (Å²) >= 11 is 0. The average molecular weight is 199 g/mol. The first-order valence-electron chi connectivity index (χ1n) is 3.91. The van der Waals surface area contributed by atoms with Gasteiger partial charge in [0.15, 0.2) is 0 Å². The molecule has 4 heteroatoms. The summed E-state index contributed by atoms with van der Waals surface area (Å²) in [5, 5.41) is 6.91. The van der Waals surface area contributed by atoms with Crippen molar-refractivity contribution in [2.45, 2.75) is 18.9 Å². The Kier molecular flexibility index (Phi) is 5.44. The van der Waals surface area contributed by atoms with E-state index in [1.165, 1.54) is 25.9 Å². The number of hydrogen-bond donors (Lipinski definition) is 2. The second kappa shape index (κ2) is 5.20. The molecule has 1 saturated heterocycles. The van der Waals surface area contributed by atoms with E-state index in [1.54, 1.807) is 0 Å². The fourth-order valence-electron chi connectivity index (χ4n) is 1.51. The van der Waals surface area contributed by atoms with E-state index >= 15 is 0 Å². The minimum Gasteiger partial charge on any atom is -0.314 e. The van der Waals surface area contributed by atoms with Crippen molar-refractivity contribution in [1.82, 2.24) is 10.6 Å². The summed E-state index contributed by atoms with van der Waals surface area (Å²) in [4.78, 5) is 0. The summed E-state index contributed by atoms with van der Waals surface area (Å²) in [5.74, 6) is 1.01. The lowest BCUT2D eigenvalue weighted by Crippen LogP contribution is -2.49. The van der Waals surface area contributed by atoms with E-state index in [0.717, 1.165) is 18.5 Å². The molecule has 2 fully saturated rings. The summed E-state index contributed by atoms with van der Waals surface area (Å²) in [7, 11) is 0. The van der Waals surface area contributed by atoms with Crippen LogP contribution in [0.5, 0.6) is 0 Å². The third-order valence-electron chi connectivity index (χ3n) is 2.26. The Hall–Kier alpha value is 0.500. The zero-order chi connectivity index (χ0) is 6.10. The second-order valence-corrected chi connectivity index (χ2v) is 3.10. The predicted molar refractivity (Wildman–Crippen MR) is 51.9 cm³/mol. The maximum atomic E-state index is 3.52. The molecule has 11 heavy (non-hydrogen) atoms. The molecule has 2 aliphatic rings. The average Bonchev–Trinajstić information content (AvgIpc) is 2.71. The molecular weight excluding hydrogens is 183 g/mol. The van der Waals surface area contributed by atoms with Crippen molar-refractivity contribution in [2.24, 2.45) is 5.92 Å². The minimum absolute atomic E-state index is 0. The van der Waals surface area contributed by atoms with E-state index < -0.39 is 0 Å². The van der Waals surface area contributed by atoms with Gasteiger partial charge in [-0.3, -0.25) is 0 Å². The van der Waals surface area contributed by atoms with Gasteiger partial charge in [-0.2, -0.15) is 0 Å². The van der Waals surface area contributed by atoms with Crippen LogP contribution in [-0.2, 0) is 0 Å². The predicted octanol–water partition coefficient (Wildman–Crippen LogP) is 0.801. The molecule has 1 saturated carbocycles. The molecule has 1 atom stereocenters. The smallest absolute Gasteiger partial charge is 0.0221 e. The zero-order valence-electron chi connectivity index (χ0n) is 6.51. The van der Waals surface area contributed by atoms with Crippen LogP contribution < -0.4 is 10.6 Å². The van der Waals surface area contributed by atoms with Crippen LogP contribution in [0.1, 0.15) is 12.8 Å². The molecule has 0 bridgehead atoms. The molecule has 1 aliphatic carbocycles. The second-order valence-electron chi connectivity index (χ2n) is 3.10. The number of hydrogen-bond acceptors (Lipinski definition) is 2. The van der Waals surface area contributed by atoms with Crippen LogP contribution in [0.25, 0.3) is 0 Å². The summed E-state index contributed by atoms with van der Waals surface area (Å²) in [6.45, 7) is 3.52. The molecule has 1 unspecified atom stereocenters. The minimum atomic E-state index is 0. The fraction of sp³-hybridized carbons (Fsp3) is 1.00. The van der Waals surface area contributed by atoms with Gasteiger partial charge in [0.1, 0.15) is 0 Å². The molecular formula is C7H16Cl2N2. The first-order valence-corrected chi connectivity index (χ1v) is 3.91. The maximum Gasteiger partial charge on any atom is 0.0221 e. The molecule has 2 nitrogen and oxygen atoms in total. The normalized spacial score (nSPS) is 30.0. The van der Waals surface area contributed by atoms with Crippen LogP contribution in [0.3, 0.4) is 0 Å². The third kappa shape index (κ3) is 3.16. The van der Waals surface area contributed by atoms with E-state index in [0.29, 0.717) is 0 Å². The van der Waals surface area contributed by atoms with Crippen molar-refractivity contribution in [2.75, 3.05) is 19.6 Å². The molecule has 1 aliphatic heterocycles. The van der Waals surface area contributed by atoms with Gasteiger partial charge in [-0.25, -0.2) is 0 Å². The van der Waals surface area contributed by atoms with Crippen molar-refractivity contribution in [3.8, 4) is 0 Å². The van der Waals surface area contributed by atoms with E-state index in [2.05, 4.69) is 10.6 Å². The van der Waals surface area contributed by atoms with Crippen LogP contribution >= 0.6 is 24.8 Å². The highest BCUT2D eigenvalue weighted by molar-refractivity contribution is 5.85. The van der Waals surface area contributed by atoms with Gasteiger partial charge in [0.2, 0.25) is 0 Å². The van der Waals surface area contributed by atoms with Crippen molar-refractivity contribution >= 4 is 24.8 Å². The monoisotopic (exact) mass is 198 g/mol. The number of piperazine rings is 1. The quantitative estimate of drug-likeness (QED) is 0.652. The maximum absolute atomic E-state index is 3.52. The molecule has 1 heterocycles. The Morgan fingerprint density at radius 1 is 1.00 bits per heavy atom. The Morgan fingerprint density at radius 3 is 2.18 bits per heavy atom. The Balaban J connectivity index is 0.000000500. The number of rotatable bonds is 1. The van der Waals surface area contributed by atoms with Crippen molar-refractivity contribution in [1.29, 1.82) is 0 Å². The number of halogens is 2. The van der Waals surface area contributed by atoms with E-state index in [9.17, 15) is 0 Å². The summed E-state index contributed by atoms with van der Waals surface area (Å²) in [5.41, 5.74) is 0. The SMILES string of the molecule is C1CNC(C2CC2)CN1.Cl.Cl.